The van der Waals surface area contributed by atoms with Crippen LogP contribution in [0.15, 0.2) is 0 Å². The first-order valence-electron chi connectivity index (χ1n) is 7.14. The van der Waals surface area contributed by atoms with Crippen LogP contribution in [0.5, 0.6) is 0 Å². The Bertz CT molecular complexity index is 828. The Morgan fingerprint density at radius 1 is 0.394 bits per heavy atom. The van der Waals surface area contributed by atoms with Crippen molar-refractivity contribution in [1.82, 2.24) is 4.90 Å². The molecule has 1 nitrogen and oxygen atoms in total. The van der Waals surface area contributed by atoms with Gasteiger partial charge >= 0.3 is 59.5 Å². The molecule has 1 saturated carbocycles. The van der Waals surface area contributed by atoms with Crippen LogP contribution in [0.4, 0.5) is 92.2 Å². The summed E-state index contributed by atoms with van der Waals surface area (Å²) >= 11 is 0. The summed E-state index contributed by atoms with van der Waals surface area (Å²) in [6, 6.07) is -17.1. The average molecular weight is 545 g/mol. The Morgan fingerprint density at radius 3 is 1.03 bits per heavy atom. The van der Waals surface area contributed by atoms with E-state index in [-0.39, 0.29) is 0 Å². The van der Waals surface area contributed by atoms with Crippen LogP contribution in [0.25, 0.3) is 0 Å². The van der Waals surface area contributed by atoms with Gasteiger partial charge in [0.05, 0.1) is 0 Å². The molecule has 0 aromatic rings. The van der Waals surface area contributed by atoms with E-state index in [1.54, 1.807) is 0 Å². The molecule has 196 valence electrons. The summed E-state index contributed by atoms with van der Waals surface area (Å²) in [6.07, 6.45) is -8.18. The molecule has 1 aliphatic heterocycles. The Hall–Kier alpha value is -1.51. The monoisotopic (exact) mass is 545 g/mol. The quantitative estimate of drug-likeness (QED) is 0.279. The van der Waals surface area contributed by atoms with Crippen LogP contribution >= 0.6 is 0 Å². The summed E-state index contributed by atoms with van der Waals surface area (Å²) in [5.74, 6) is -60.9. The lowest BCUT2D eigenvalue weighted by Crippen LogP contribution is -2.99. The van der Waals surface area contributed by atoms with E-state index in [9.17, 15) is 92.2 Å². The highest BCUT2D eigenvalue weighted by molar-refractivity contribution is 5.38. The number of likely N-dealkylation sites (tertiary alicyclic amines) is 1. The van der Waals surface area contributed by atoms with E-state index in [0.29, 0.717) is 0 Å². The van der Waals surface area contributed by atoms with Crippen LogP contribution in [-0.2, 0) is 0 Å². The Balaban J connectivity index is 3.32. The van der Waals surface area contributed by atoms with Gasteiger partial charge in [0.15, 0.2) is 0 Å². The third kappa shape index (κ3) is 2.18. The Labute approximate surface area is 164 Å². The second-order valence-corrected chi connectivity index (χ2v) is 6.64. The molecular formula is C11F21N. The van der Waals surface area contributed by atoms with Gasteiger partial charge < -0.3 is 0 Å². The average Bonchev–Trinajstić information content (AvgIpc) is 2.56. The number of alkyl halides is 21. The smallest absolute Gasteiger partial charge is 0.224 e. The maximum atomic E-state index is 14.8. The highest BCUT2D eigenvalue weighted by atomic mass is 19.4. The van der Waals surface area contributed by atoms with Crippen molar-refractivity contribution in [2.24, 2.45) is 0 Å². The minimum absolute atomic E-state index is 5.04. The molecule has 1 aliphatic carbocycles. The van der Waals surface area contributed by atoms with Gasteiger partial charge in [0.25, 0.3) is 5.79 Å². The first kappa shape index (κ1) is 27.7. The van der Waals surface area contributed by atoms with E-state index in [1.807, 2.05) is 0 Å². The Morgan fingerprint density at radius 2 is 0.697 bits per heavy atom. The molecule has 2 rings (SSSR count). The van der Waals surface area contributed by atoms with Crippen LogP contribution in [-0.4, -0.2) is 70.2 Å². The lowest BCUT2D eigenvalue weighted by Gasteiger charge is -2.65. The van der Waals surface area contributed by atoms with Gasteiger partial charge in [0.2, 0.25) is 0 Å². The van der Waals surface area contributed by atoms with Crippen molar-refractivity contribution in [3.05, 3.63) is 0 Å². The molecule has 0 bridgehead atoms. The minimum Gasteiger partial charge on any atom is -0.224 e. The van der Waals surface area contributed by atoms with E-state index < -0.39 is 70.2 Å². The van der Waals surface area contributed by atoms with Gasteiger partial charge in [0, 0.05) is 0 Å². The predicted octanol–water partition coefficient (Wildman–Crippen LogP) is 6.25. The minimum atomic E-state index is -8.98. The normalized spacial score (nSPS) is 38.5. The van der Waals surface area contributed by atoms with Gasteiger partial charge in [-0.15, -0.1) is 4.90 Å². The van der Waals surface area contributed by atoms with E-state index in [2.05, 4.69) is 0 Å². The molecule has 1 saturated heterocycles. The van der Waals surface area contributed by atoms with Crippen molar-refractivity contribution in [2.45, 2.75) is 65.3 Å². The first-order chi connectivity index (χ1) is 13.9. The molecule has 0 N–H and O–H groups in total. The number of rotatable bonds is 1. The SMILES string of the molecule is FC(F)(F)C(F)(F)N1C(F)(F)C(F)(F)C(F)(F)C2(F)C(F)(F)C(F)(F)C(F)(F)C(F)(F)C12F. The second kappa shape index (κ2) is 5.82. The lowest BCUT2D eigenvalue weighted by atomic mass is 9.62. The summed E-state index contributed by atoms with van der Waals surface area (Å²) in [7, 11) is 0. The van der Waals surface area contributed by atoms with Gasteiger partial charge in [-0.1, -0.05) is 0 Å². The summed E-state index contributed by atoms with van der Waals surface area (Å²) < 4.78 is 284. The zero-order valence-electron chi connectivity index (χ0n) is 13.9. The third-order valence-electron chi connectivity index (χ3n) is 4.90. The molecular weight excluding hydrogens is 545 g/mol. The van der Waals surface area contributed by atoms with E-state index in [4.69, 9.17) is 0 Å². The fourth-order valence-corrected chi connectivity index (χ4v) is 3.18. The molecule has 0 aromatic carbocycles. The molecule has 0 spiro atoms. The zero-order valence-corrected chi connectivity index (χ0v) is 13.9. The van der Waals surface area contributed by atoms with Crippen molar-refractivity contribution in [3.8, 4) is 0 Å². The predicted molar refractivity (Wildman–Crippen MR) is 55.1 cm³/mol. The number of piperidine rings is 1. The Kier molecular flexibility index (Phi) is 4.89. The van der Waals surface area contributed by atoms with Crippen molar-refractivity contribution >= 4 is 0 Å². The number of halogens is 21. The number of fused-ring (bicyclic) bond motifs is 1. The number of hydrogen-bond donors (Lipinski definition) is 0. The third-order valence-corrected chi connectivity index (χ3v) is 4.90. The maximum Gasteiger partial charge on any atom is 0.469 e. The van der Waals surface area contributed by atoms with E-state index >= 15 is 0 Å². The second-order valence-electron chi connectivity index (χ2n) is 6.64. The molecule has 0 aromatic heterocycles. The van der Waals surface area contributed by atoms with Crippen LogP contribution in [0, 0.1) is 0 Å². The molecule has 2 atom stereocenters. The molecule has 2 aliphatic rings. The number of hydrogen-bond acceptors (Lipinski definition) is 1. The first-order valence-corrected chi connectivity index (χ1v) is 7.14. The van der Waals surface area contributed by atoms with Gasteiger partial charge in [-0.2, -0.15) is 83.4 Å². The summed E-state index contributed by atoms with van der Waals surface area (Å²) in [5, 5.41) is 0. The molecule has 22 heteroatoms. The highest BCUT2D eigenvalue weighted by Gasteiger charge is 3.12. The van der Waals surface area contributed by atoms with Gasteiger partial charge in [-0.25, -0.2) is 8.78 Å². The molecule has 0 radical (unpaired) electrons. The van der Waals surface area contributed by atoms with Crippen LogP contribution in [0.3, 0.4) is 0 Å². The summed E-state index contributed by atoms with van der Waals surface area (Å²) in [6.45, 7) is 0. The van der Waals surface area contributed by atoms with Gasteiger partial charge in [-0.05, 0) is 0 Å². The topological polar surface area (TPSA) is 3.24 Å². The van der Waals surface area contributed by atoms with Gasteiger partial charge in [0.1, 0.15) is 0 Å². The maximum absolute atomic E-state index is 14.8. The number of nitrogens with zero attached hydrogens (tertiary/aromatic N) is 1. The summed E-state index contributed by atoms with van der Waals surface area (Å²) in [5.41, 5.74) is -8.98. The van der Waals surface area contributed by atoms with Crippen LogP contribution < -0.4 is 0 Å². The highest BCUT2D eigenvalue weighted by Crippen LogP contribution is 2.79. The standard InChI is InChI=1S/C11F21N/c12-1-2(13,14)4(17,18)5(19,20)6(21,22)8(1,25)33(11(31,32)9(26,27)28)10(29,30)7(23,24)3(1,15)16. The molecule has 2 unspecified atom stereocenters. The summed E-state index contributed by atoms with van der Waals surface area (Å²) in [4.78, 5) is -5.04. The van der Waals surface area contributed by atoms with Crippen LogP contribution in [0.2, 0.25) is 0 Å². The van der Waals surface area contributed by atoms with Crippen molar-refractivity contribution in [1.29, 1.82) is 0 Å². The molecule has 33 heavy (non-hydrogen) atoms. The molecule has 0 amide bonds. The fourth-order valence-electron chi connectivity index (χ4n) is 3.18. The van der Waals surface area contributed by atoms with Crippen LogP contribution in [0.1, 0.15) is 0 Å². The van der Waals surface area contributed by atoms with E-state index in [0.717, 1.165) is 0 Å². The van der Waals surface area contributed by atoms with E-state index in [1.165, 1.54) is 0 Å². The van der Waals surface area contributed by atoms with Crippen molar-refractivity contribution < 1.29 is 92.2 Å². The fraction of sp³-hybridized carbons (Fsp3) is 1.00. The zero-order chi connectivity index (χ0) is 27.1. The molecule has 2 fully saturated rings. The molecule has 1 heterocycles. The lowest BCUT2D eigenvalue weighted by molar-refractivity contribution is -0.590. The largest absolute Gasteiger partial charge is 0.469 e. The van der Waals surface area contributed by atoms with Crippen molar-refractivity contribution in [3.63, 3.8) is 0 Å². The van der Waals surface area contributed by atoms with Crippen molar-refractivity contribution in [2.75, 3.05) is 0 Å². The van der Waals surface area contributed by atoms with Gasteiger partial charge in [-0.3, -0.25) is 0 Å².